The zero-order valence-electron chi connectivity index (χ0n) is 14.1. The number of Topliss-reactive ketones (excluding diaryl/α,β-unsaturated/α-hetero) is 1. The van der Waals surface area contributed by atoms with Crippen LogP contribution in [0.15, 0.2) is 51.4 Å². The lowest BCUT2D eigenvalue weighted by molar-refractivity contribution is -0.116. The van der Waals surface area contributed by atoms with Crippen LogP contribution in [0.4, 0.5) is 5.69 Å². The van der Waals surface area contributed by atoms with Gasteiger partial charge in [-0.3, -0.25) is 9.59 Å². The molecule has 0 bridgehead atoms. The Labute approximate surface area is 159 Å². The molecule has 0 aliphatic carbocycles. The van der Waals surface area contributed by atoms with Crippen LogP contribution < -0.4 is 5.32 Å². The van der Waals surface area contributed by atoms with Crippen LogP contribution in [0.5, 0.6) is 0 Å². The molecule has 0 saturated heterocycles. The number of hydrogen-bond donors (Lipinski definition) is 1. The predicted octanol–water partition coefficient (Wildman–Crippen LogP) is 4.51. The van der Waals surface area contributed by atoms with Gasteiger partial charge in [0.25, 0.3) is 11.1 Å². The van der Waals surface area contributed by atoms with Gasteiger partial charge in [-0.1, -0.05) is 24.8 Å². The second-order valence-corrected chi connectivity index (χ2v) is 7.31. The summed E-state index contributed by atoms with van der Waals surface area (Å²) < 4.78 is 5.55. The van der Waals surface area contributed by atoms with Gasteiger partial charge < -0.3 is 9.73 Å². The number of aromatic nitrogens is 2. The zero-order valence-corrected chi connectivity index (χ0v) is 15.7. The molecule has 0 unspecified atom stereocenters. The number of benzene rings is 1. The Hall–Kier alpha value is -2.45. The van der Waals surface area contributed by atoms with Gasteiger partial charge in [-0.2, -0.15) is 0 Å². The highest BCUT2D eigenvalue weighted by atomic mass is 32.2. The highest BCUT2D eigenvalue weighted by Crippen LogP contribution is 2.26. The number of carbonyl (C=O) groups is 2. The van der Waals surface area contributed by atoms with Gasteiger partial charge in [0.05, 0.1) is 10.6 Å². The average Bonchev–Trinajstić information content (AvgIpc) is 3.32. The standard InChI is InChI=1S/C18H17N3O3S2/c1-2-4-16(23)19-13-8-6-12(7-9-13)14(22)11-26-18-21-20-17(24-18)15-5-3-10-25-15/h3,5-10H,2,4,11H2,1H3,(H,19,23). The van der Waals surface area contributed by atoms with E-state index in [9.17, 15) is 9.59 Å². The van der Waals surface area contributed by atoms with Crippen LogP contribution in [0.1, 0.15) is 30.1 Å². The van der Waals surface area contributed by atoms with Crippen LogP contribution in [0.3, 0.4) is 0 Å². The smallest absolute Gasteiger partial charge is 0.277 e. The molecule has 6 nitrogen and oxygen atoms in total. The minimum absolute atomic E-state index is 0.0277. The van der Waals surface area contributed by atoms with Crippen molar-refractivity contribution in [1.29, 1.82) is 0 Å². The second-order valence-electron chi connectivity index (χ2n) is 5.44. The first-order chi connectivity index (χ1) is 12.7. The van der Waals surface area contributed by atoms with Crippen LogP contribution in [0.2, 0.25) is 0 Å². The van der Waals surface area contributed by atoms with Crippen molar-refractivity contribution in [2.75, 3.05) is 11.1 Å². The van der Waals surface area contributed by atoms with E-state index in [0.29, 0.717) is 28.8 Å². The summed E-state index contributed by atoms with van der Waals surface area (Å²) in [7, 11) is 0. The molecule has 2 aromatic heterocycles. The van der Waals surface area contributed by atoms with Gasteiger partial charge in [0.1, 0.15) is 0 Å². The van der Waals surface area contributed by atoms with Crippen molar-refractivity contribution in [3.8, 4) is 10.8 Å². The average molecular weight is 387 g/mol. The van der Waals surface area contributed by atoms with Gasteiger partial charge >= 0.3 is 0 Å². The highest BCUT2D eigenvalue weighted by Gasteiger charge is 2.13. The molecular weight excluding hydrogens is 370 g/mol. The lowest BCUT2D eigenvalue weighted by atomic mass is 10.1. The van der Waals surface area contributed by atoms with Gasteiger partial charge in [-0.15, -0.1) is 21.5 Å². The number of rotatable bonds is 8. The normalized spacial score (nSPS) is 10.7. The molecule has 1 amide bonds. The Bertz CT molecular complexity index is 873. The van der Waals surface area contributed by atoms with E-state index in [2.05, 4.69) is 15.5 Å². The number of hydrogen-bond acceptors (Lipinski definition) is 7. The minimum Gasteiger partial charge on any atom is -0.410 e. The van der Waals surface area contributed by atoms with E-state index in [1.807, 2.05) is 24.4 Å². The molecule has 0 fully saturated rings. The molecule has 26 heavy (non-hydrogen) atoms. The van der Waals surface area contributed by atoms with Crippen molar-refractivity contribution in [3.05, 3.63) is 47.3 Å². The molecule has 3 aromatic rings. The van der Waals surface area contributed by atoms with Gasteiger partial charge in [0.2, 0.25) is 5.91 Å². The molecule has 1 N–H and O–H groups in total. The van der Waals surface area contributed by atoms with Crippen molar-refractivity contribution >= 4 is 40.5 Å². The van der Waals surface area contributed by atoms with Crippen LogP contribution in [0.25, 0.3) is 10.8 Å². The summed E-state index contributed by atoms with van der Waals surface area (Å²) in [5.74, 6) is 0.590. The van der Waals surface area contributed by atoms with Crippen LogP contribution >= 0.6 is 23.1 Å². The van der Waals surface area contributed by atoms with E-state index in [1.54, 1.807) is 24.3 Å². The summed E-state index contributed by atoms with van der Waals surface area (Å²) in [6, 6.07) is 10.7. The van der Waals surface area contributed by atoms with Crippen molar-refractivity contribution in [2.45, 2.75) is 25.0 Å². The predicted molar refractivity (Wildman–Crippen MR) is 103 cm³/mol. The number of nitrogens with one attached hydrogen (secondary N) is 1. The van der Waals surface area contributed by atoms with Gasteiger partial charge in [0.15, 0.2) is 5.78 Å². The molecule has 8 heteroatoms. The van der Waals surface area contributed by atoms with Crippen molar-refractivity contribution in [2.24, 2.45) is 0 Å². The molecule has 0 radical (unpaired) electrons. The number of amides is 1. The summed E-state index contributed by atoms with van der Waals surface area (Å²) in [6.07, 6.45) is 1.28. The van der Waals surface area contributed by atoms with Crippen LogP contribution in [0, 0.1) is 0 Å². The van der Waals surface area contributed by atoms with Crippen LogP contribution in [-0.4, -0.2) is 27.6 Å². The first kappa shape index (κ1) is 18.3. The third-order valence-electron chi connectivity index (χ3n) is 3.43. The van der Waals surface area contributed by atoms with Gasteiger partial charge in [-0.05, 0) is 42.1 Å². The number of nitrogens with zero attached hydrogens (tertiary/aromatic N) is 2. The molecule has 3 rings (SSSR count). The fraction of sp³-hybridized carbons (Fsp3) is 0.222. The third kappa shape index (κ3) is 4.80. The molecule has 0 aliphatic heterocycles. The summed E-state index contributed by atoms with van der Waals surface area (Å²) in [5, 5.41) is 13.0. The lowest BCUT2D eigenvalue weighted by Gasteiger charge is -2.05. The van der Waals surface area contributed by atoms with E-state index in [1.165, 1.54) is 23.1 Å². The zero-order chi connectivity index (χ0) is 18.4. The van der Waals surface area contributed by atoms with Crippen LogP contribution in [-0.2, 0) is 4.79 Å². The van der Waals surface area contributed by atoms with Crippen molar-refractivity contribution < 1.29 is 14.0 Å². The van der Waals surface area contributed by atoms with Gasteiger partial charge in [-0.25, -0.2) is 0 Å². The summed E-state index contributed by atoms with van der Waals surface area (Å²) in [6.45, 7) is 1.95. The monoisotopic (exact) mass is 387 g/mol. The Morgan fingerprint density at radius 2 is 2.00 bits per heavy atom. The van der Waals surface area contributed by atoms with E-state index in [0.717, 1.165) is 11.3 Å². The SMILES string of the molecule is CCCC(=O)Nc1ccc(C(=O)CSc2nnc(-c3cccs3)o2)cc1. The number of carbonyl (C=O) groups excluding carboxylic acids is 2. The fourth-order valence-corrected chi connectivity index (χ4v) is 3.47. The Kier molecular flexibility index (Phi) is 6.19. The second kappa shape index (κ2) is 8.77. The highest BCUT2D eigenvalue weighted by molar-refractivity contribution is 7.99. The van der Waals surface area contributed by atoms with Crippen molar-refractivity contribution in [1.82, 2.24) is 10.2 Å². The molecule has 0 saturated carbocycles. The maximum Gasteiger partial charge on any atom is 0.277 e. The molecule has 2 heterocycles. The van der Waals surface area contributed by atoms with Gasteiger partial charge in [0, 0.05) is 17.7 Å². The maximum atomic E-state index is 12.3. The summed E-state index contributed by atoms with van der Waals surface area (Å²) >= 11 is 2.72. The molecule has 0 spiro atoms. The summed E-state index contributed by atoms with van der Waals surface area (Å²) in [5.41, 5.74) is 1.26. The maximum absolute atomic E-state index is 12.3. The van der Waals surface area contributed by atoms with E-state index < -0.39 is 0 Å². The van der Waals surface area contributed by atoms with Crippen molar-refractivity contribution in [3.63, 3.8) is 0 Å². The molecule has 0 aliphatic rings. The quantitative estimate of drug-likeness (QED) is 0.452. The van der Waals surface area contributed by atoms with E-state index in [4.69, 9.17) is 4.42 Å². The number of anilines is 1. The largest absolute Gasteiger partial charge is 0.410 e. The first-order valence-electron chi connectivity index (χ1n) is 8.09. The Morgan fingerprint density at radius 3 is 2.69 bits per heavy atom. The third-order valence-corrected chi connectivity index (χ3v) is 5.11. The minimum atomic E-state index is -0.0442. The molecule has 0 atom stereocenters. The molecular formula is C18H17N3O3S2. The topological polar surface area (TPSA) is 85.1 Å². The number of thioether (sulfide) groups is 1. The molecule has 1 aromatic carbocycles. The number of ketones is 1. The Morgan fingerprint density at radius 1 is 1.19 bits per heavy atom. The fourth-order valence-electron chi connectivity index (χ4n) is 2.17. The number of thiophene rings is 1. The van der Waals surface area contributed by atoms with E-state index in [-0.39, 0.29) is 17.4 Å². The van der Waals surface area contributed by atoms with E-state index >= 15 is 0 Å². The first-order valence-corrected chi connectivity index (χ1v) is 9.95. The molecule has 134 valence electrons. The Balaban J connectivity index is 1.54. The summed E-state index contributed by atoms with van der Waals surface area (Å²) in [4.78, 5) is 24.8. The lowest BCUT2D eigenvalue weighted by Crippen LogP contribution is -2.10.